The van der Waals surface area contributed by atoms with Gasteiger partial charge in [-0.3, -0.25) is 9.54 Å². The fourth-order valence-electron chi connectivity index (χ4n) is 2.43. The summed E-state index contributed by atoms with van der Waals surface area (Å²) in [6.45, 7) is 0. The Kier molecular flexibility index (Phi) is 4.94. The van der Waals surface area contributed by atoms with Gasteiger partial charge in [0.1, 0.15) is 11.3 Å². The van der Waals surface area contributed by atoms with Crippen molar-refractivity contribution in [3.05, 3.63) is 30.1 Å². The summed E-state index contributed by atoms with van der Waals surface area (Å²) in [5, 5.41) is 10.1. The SMILES string of the molecule is COc1ccnc(CSc2nc3c(S(=O)(=O)O)c(O)ccc3[nH]2)c1OC. The molecule has 2 heterocycles. The van der Waals surface area contributed by atoms with E-state index in [0.717, 1.165) is 0 Å². The van der Waals surface area contributed by atoms with Crippen molar-refractivity contribution in [3.8, 4) is 17.2 Å². The van der Waals surface area contributed by atoms with Crippen LogP contribution in [0.5, 0.6) is 17.2 Å². The zero-order chi connectivity index (χ0) is 18.9. The van der Waals surface area contributed by atoms with E-state index in [-0.39, 0.29) is 5.52 Å². The molecule has 0 spiro atoms. The van der Waals surface area contributed by atoms with Crippen molar-refractivity contribution in [2.45, 2.75) is 15.8 Å². The third-order valence-corrected chi connectivity index (χ3v) is 5.34. The van der Waals surface area contributed by atoms with E-state index in [0.29, 0.717) is 33.6 Å². The summed E-state index contributed by atoms with van der Waals surface area (Å²) in [6, 6.07) is 4.32. The van der Waals surface area contributed by atoms with Crippen LogP contribution in [0, 0.1) is 0 Å². The van der Waals surface area contributed by atoms with Crippen LogP contribution >= 0.6 is 11.8 Å². The smallest absolute Gasteiger partial charge is 0.300 e. The van der Waals surface area contributed by atoms with E-state index in [2.05, 4.69) is 15.0 Å². The van der Waals surface area contributed by atoms with E-state index < -0.39 is 20.8 Å². The second-order valence-corrected chi connectivity index (χ2v) is 7.43. The molecule has 1 aromatic carbocycles. The minimum atomic E-state index is -4.62. The van der Waals surface area contributed by atoms with Gasteiger partial charge in [-0.25, -0.2) is 4.98 Å². The highest BCUT2D eigenvalue weighted by Crippen LogP contribution is 2.35. The second-order valence-electron chi connectivity index (χ2n) is 5.11. The van der Waals surface area contributed by atoms with Crippen molar-refractivity contribution in [3.63, 3.8) is 0 Å². The number of rotatable bonds is 6. The molecule has 2 aromatic heterocycles. The molecule has 3 aromatic rings. The van der Waals surface area contributed by atoms with E-state index >= 15 is 0 Å². The Bertz CT molecular complexity index is 1060. The second kappa shape index (κ2) is 7.02. The fraction of sp³-hybridized carbons (Fsp3) is 0.200. The normalized spacial score (nSPS) is 11.7. The number of pyridine rings is 1. The van der Waals surface area contributed by atoms with Gasteiger partial charge in [0.25, 0.3) is 10.1 Å². The molecule has 0 radical (unpaired) electrons. The van der Waals surface area contributed by atoms with Crippen LogP contribution < -0.4 is 9.47 Å². The van der Waals surface area contributed by atoms with Gasteiger partial charge in [0.15, 0.2) is 21.6 Å². The molecule has 0 unspecified atom stereocenters. The first kappa shape index (κ1) is 18.3. The van der Waals surface area contributed by atoms with Gasteiger partial charge in [-0.15, -0.1) is 0 Å². The Balaban J connectivity index is 1.94. The van der Waals surface area contributed by atoms with Crippen LogP contribution in [-0.2, 0) is 15.9 Å². The van der Waals surface area contributed by atoms with Gasteiger partial charge in [0, 0.05) is 18.0 Å². The Labute approximate surface area is 153 Å². The van der Waals surface area contributed by atoms with Crippen LogP contribution in [-0.4, -0.2) is 47.2 Å². The van der Waals surface area contributed by atoms with E-state index in [9.17, 15) is 18.1 Å². The first-order chi connectivity index (χ1) is 12.3. The topological polar surface area (TPSA) is 135 Å². The summed E-state index contributed by atoms with van der Waals surface area (Å²) < 4.78 is 42.9. The number of nitrogens with one attached hydrogen (secondary N) is 1. The number of methoxy groups -OCH3 is 2. The van der Waals surface area contributed by atoms with Crippen LogP contribution in [0.2, 0.25) is 0 Å². The van der Waals surface area contributed by atoms with Crippen LogP contribution in [0.15, 0.2) is 34.4 Å². The number of hydrogen-bond acceptors (Lipinski definition) is 8. The first-order valence-corrected chi connectivity index (χ1v) is 9.65. The summed E-state index contributed by atoms with van der Waals surface area (Å²) in [5.41, 5.74) is 0.944. The van der Waals surface area contributed by atoms with E-state index in [1.165, 1.54) is 38.1 Å². The van der Waals surface area contributed by atoms with Crippen LogP contribution in [0.1, 0.15) is 5.69 Å². The molecule has 0 aliphatic heterocycles. The zero-order valence-corrected chi connectivity index (χ0v) is 15.4. The van der Waals surface area contributed by atoms with Gasteiger partial charge in [-0.1, -0.05) is 11.8 Å². The number of hydrogen-bond donors (Lipinski definition) is 3. The quantitative estimate of drug-likeness (QED) is 0.422. The van der Waals surface area contributed by atoms with Crippen LogP contribution in [0.25, 0.3) is 11.0 Å². The number of aromatic nitrogens is 3. The third-order valence-electron chi connectivity index (χ3n) is 3.54. The molecule has 3 rings (SSSR count). The van der Waals surface area contributed by atoms with Crippen molar-refractivity contribution >= 4 is 32.9 Å². The maximum atomic E-state index is 11.5. The molecular weight excluding hydrogens is 382 g/mol. The predicted molar refractivity (Wildman–Crippen MR) is 94.5 cm³/mol. The molecule has 0 saturated heterocycles. The van der Waals surface area contributed by atoms with Crippen molar-refractivity contribution in [2.75, 3.05) is 14.2 Å². The number of aromatic amines is 1. The number of phenolic OH excluding ortho intramolecular Hbond substituents is 1. The van der Waals surface area contributed by atoms with Gasteiger partial charge >= 0.3 is 0 Å². The van der Waals surface area contributed by atoms with Crippen LogP contribution in [0.4, 0.5) is 0 Å². The maximum absolute atomic E-state index is 11.5. The minimum Gasteiger partial charge on any atom is -0.506 e. The van der Waals surface area contributed by atoms with Crippen LogP contribution in [0.3, 0.4) is 0 Å². The van der Waals surface area contributed by atoms with Gasteiger partial charge in [-0.05, 0) is 12.1 Å². The number of benzene rings is 1. The minimum absolute atomic E-state index is 0.0411. The highest BCUT2D eigenvalue weighted by atomic mass is 32.2. The molecule has 0 fully saturated rings. The number of phenols is 1. The molecule has 0 saturated carbocycles. The monoisotopic (exact) mass is 397 g/mol. The highest BCUT2D eigenvalue weighted by molar-refractivity contribution is 7.98. The van der Waals surface area contributed by atoms with Crippen molar-refractivity contribution in [1.29, 1.82) is 0 Å². The molecule has 26 heavy (non-hydrogen) atoms. The Morgan fingerprint density at radius 1 is 1.23 bits per heavy atom. The van der Waals surface area contributed by atoms with Gasteiger partial charge in [-0.2, -0.15) is 8.42 Å². The Morgan fingerprint density at radius 3 is 2.65 bits per heavy atom. The lowest BCUT2D eigenvalue weighted by molar-refractivity contribution is 0.350. The number of H-pyrrole nitrogens is 1. The third kappa shape index (κ3) is 3.41. The van der Waals surface area contributed by atoms with Crippen molar-refractivity contribution < 1.29 is 27.6 Å². The number of imidazole rings is 1. The average Bonchev–Trinajstić information content (AvgIpc) is 3.00. The summed E-state index contributed by atoms with van der Waals surface area (Å²) in [4.78, 5) is 10.7. The molecule has 3 N–H and O–H groups in total. The molecule has 11 heteroatoms. The van der Waals surface area contributed by atoms with E-state index in [1.807, 2.05) is 0 Å². The standard InChI is InChI=1S/C15H15N3O6S2/c1-23-11-5-6-16-9(13(11)24-2)7-25-15-17-8-3-4-10(19)14(12(8)18-15)26(20,21)22/h3-6,19H,7H2,1-2H3,(H,17,18)(H,20,21,22). The van der Waals surface area contributed by atoms with Gasteiger partial charge < -0.3 is 19.6 Å². The molecule has 0 aliphatic carbocycles. The fourth-order valence-corrected chi connectivity index (χ4v) is 3.98. The predicted octanol–water partition coefficient (Wildman–Crippen LogP) is 2.22. The van der Waals surface area contributed by atoms with E-state index in [4.69, 9.17) is 9.47 Å². The van der Waals surface area contributed by atoms with E-state index in [1.54, 1.807) is 12.3 Å². The first-order valence-electron chi connectivity index (χ1n) is 7.23. The molecule has 9 nitrogen and oxygen atoms in total. The molecule has 0 aliphatic rings. The largest absolute Gasteiger partial charge is 0.506 e. The Hall–Kier alpha value is -2.50. The lowest BCUT2D eigenvalue weighted by Gasteiger charge is -2.10. The van der Waals surface area contributed by atoms with Crippen molar-refractivity contribution in [1.82, 2.24) is 15.0 Å². The number of thioether (sulfide) groups is 1. The molecular formula is C15H15N3O6S2. The maximum Gasteiger partial charge on any atom is 0.300 e. The number of aromatic hydroxyl groups is 1. The molecule has 0 amide bonds. The lowest BCUT2D eigenvalue weighted by Crippen LogP contribution is -1.99. The number of nitrogens with zero attached hydrogens (tertiary/aromatic N) is 2. The molecule has 0 atom stereocenters. The number of fused-ring (bicyclic) bond motifs is 1. The molecule has 0 bridgehead atoms. The van der Waals surface area contributed by atoms with Gasteiger partial charge in [0.05, 0.1) is 25.4 Å². The Morgan fingerprint density at radius 2 is 2.00 bits per heavy atom. The summed E-state index contributed by atoms with van der Waals surface area (Å²) in [6.07, 6.45) is 1.59. The van der Waals surface area contributed by atoms with Gasteiger partial charge in [0.2, 0.25) is 0 Å². The number of ether oxygens (including phenoxy) is 2. The lowest BCUT2D eigenvalue weighted by atomic mass is 10.3. The summed E-state index contributed by atoms with van der Waals surface area (Å²) in [7, 11) is -1.59. The van der Waals surface area contributed by atoms with Crippen molar-refractivity contribution in [2.24, 2.45) is 0 Å². The highest BCUT2D eigenvalue weighted by Gasteiger charge is 2.22. The summed E-state index contributed by atoms with van der Waals surface area (Å²) >= 11 is 1.25. The zero-order valence-electron chi connectivity index (χ0n) is 13.8. The molecule has 138 valence electrons. The average molecular weight is 397 g/mol. The summed E-state index contributed by atoms with van der Waals surface area (Å²) in [5.74, 6) is 0.836.